The Morgan fingerprint density at radius 1 is 0.446 bits per heavy atom. The summed E-state index contributed by atoms with van der Waals surface area (Å²) in [6.07, 6.45) is 5.82. The molecule has 0 spiro atoms. The van der Waals surface area contributed by atoms with E-state index < -0.39 is 0 Å². The molecule has 370 valence electrons. The predicted octanol–water partition coefficient (Wildman–Crippen LogP) is 17.7. The predicted molar refractivity (Wildman–Crippen MR) is 312 cm³/mol. The summed E-state index contributed by atoms with van der Waals surface area (Å²) in [4.78, 5) is 10.3. The first kappa shape index (κ1) is 48.3. The number of fused-ring (bicyclic) bond motifs is 7. The molecule has 0 atom stereocenters. The van der Waals surface area contributed by atoms with E-state index in [1.54, 1.807) is 12.3 Å². The number of rotatable bonds is 14. The van der Waals surface area contributed by atoms with Crippen molar-refractivity contribution in [3.8, 4) is 45.3 Å². The summed E-state index contributed by atoms with van der Waals surface area (Å²) in [5, 5.41) is 30.3. The molecule has 0 radical (unpaired) electrons. The molecule has 0 unspecified atom stereocenters. The molecule has 11 rings (SSSR count). The molecule has 0 aliphatic rings. The lowest BCUT2D eigenvalue weighted by Crippen LogP contribution is -1.98. The number of hydrogen-bond donors (Lipinski definition) is 2. The molecule has 74 heavy (non-hydrogen) atoms. The molecule has 0 aliphatic heterocycles. The van der Waals surface area contributed by atoms with E-state index in [9.17, 15) is 10.2 Å². The van der Waals surface area contributed by atoms with Gasteiger partial charge in [0.2, 0.25) is 0 Å². The lowest BCUT2D eigenvalue weighted by Gasteiger charge is -2.14. The zero-order valence-corrected chi connectivity index (χ0v) is 44.0. The van der Waals surface area contributed by atoms with Gasteiger partial charge in [-0.1, -0.05) is 122 Å². The SMILES string of the molecule is CC(C)Cc1ccc2c(c1)c1cc(CC(C)C)ccc1n2-c1ccc(-c2cc(-c3ccccc3)cc(C=Nc3cccc4c(-n5c6ccc(CC(C)C)cc6c6cc(CC(C)C)ccc65)ccc(O)c34)n2)c(O)c1. The van der Waals surface area contributed by atoms with Gasteiger partial charge in [-0.3, -0.25) is 4.99 Å². The van der Waals surface area contributed by atoms with Gasteiger partial charge in [0, 0.05) is 44.2 Å². The minimum Gasteiger partial charge on any atom is -0.507 e. The van der Waals surface area contributed by atoms with Crippen LogP contribution >= 0.6 is 0 Å². The summed E-state index contributed by atoms with van der Waals surface area (Å²) in [6.45, 7) is 18.2. The quantitative estimate of drug-likeness (QED) is 0.107. The summed E-state index contributed by atoms with van der Waals surface area (Å²) in [7, 11) is 0. The average molecular weight is 971 g/mol. The van der Waals surface area contributed by atoms with Gasteiger partial charge in [-0.2, -0.15) is 0 Å². The first-order chi connectivity index (χ1) is 35.8. The van der Waals surface area contributed by atoms with E-state index in [2.05, 4.69) is 162 Å². The Kier molecular flexibility index (Phi) is 12.9. The Bertz CT molecular complexity index is 3810. The van der Waals surface area contributed by atoms with E-state index in [1.807, 2.05) is 60.7 Å². The van der Waals surface area contributed by atoms with E-state index in [-0.39, 0.29) is 11.5 Å². The van der Waals surface area contributed by atoms with Crippen molar-refractivity contribution in [1.82, 2.24) is 14.1 Å². The topological polar surface area (TPSA) is 75.6 Å². The summed E-state index contributed by atoms with van der Waals surface area (Å²) in [5.74, 6) is 2.48. The van der Waals surface area contributed by atoms with Gasteiger partial charge in [0.25, 0.3) is 0 Å². The highest BCUT2D eigenvalue weighted by Crippen LogP contribution is 2.42. The Morgan fingerprint density at radius 2 is 0.959 bits per heavy atom. The second kappa shape index (κ2) is 19.8. The second-order valence-corrected chi connectivity index (χ2v) is 22.3. The number of benzene rings is 8. The maximum atomic E-state index is 12.1. The normalized spacial score (nSPS) is 12.3. The molecule has 6 nitrogen and oxygen atoms in total. The second-order valence-electron chi connectivity index (χ2n) is 22.3. The van der Waals surface area contributed by atoms with Crippen molar-refractivity contribution in [2.24, 2.45) is 28.7 Å². The molecule has 11 aromatic rings. The van der Waals surface area contributed by atoms with Crippen LogP contribution in [0.4, 0.5) is 5.69 Å². The van der Waals surface area contributed by atoms with E-state index in [4.69, 9.17) is 9.98 Å². The van der Waals surface area contributed by atoms with Crippen LogP contribution in [0, 0.1) is 23.7 Å². The Balaban J connectivity index is 1.01. The number of phenolic OH excluding ortho intramolecular Hbond substituents is 2. The summed E-state index contributed by atoms with van der Waals surface area (Å²) < 4.78 is 4.62. The number of aliphatic imine (C=N–C) groups is 1. The summed E-state index contributed by atoms with van der Waals surface area (Å²) >= 11 is 0. The van der Waals surface area contributed by atoms with Crippen LogP contribution in [-0.2, 0) is 25.7 Å². The molecule has 3 heterocycles. The Labute approximate surface area is 435 Å². The third kappa shape index (κ3) is 9.34. The highest BCUT2D eigenvalue weighted by Gasteiger charge is 2.20. The van der Waals surface area contributed by atoms with Gasteiger partial charge in [0.1, 0.15) is 11.5 Å². The maximum absolute atomic E-state index is 12.1. The van der Waals surface area contributed by atoms with Crippen molar-refractivity contribution in [2.75, 3.05) is 0 Å². The van der Waals surface area contributed by atoms with Crippen molar-refractivity contribution in [3.05, 3.63) is 192 Å². The summed E-state index contributed by atoms with van der Waals surface area (Å²) in [6, 6.07) is 57.6. The van der Waals surface area contributed by atoms with Crippen LogP contribution in [0.5, 0.6) is 11.5 Å². The third-order valence-electron chi connectivity index (χ3n) is 14.4. The molecule has 0 amide bonds. The largest absolute Gasteiger partial charge is 0.507 e. The fourth-order valence-electron chi connectivity index (χ4n) is 11.4. The van der Waals surface area contributed by atoms with Gasteiger partial charge in [-0.05, 0) is 174 Å². The first-order valence-electron chi connectivity index (χ1n) is 26.6. The average Bonchev–Trinajstić information content (AvgIpc) is 3.86. The monoisotopic (exact) mass is 971 g/mol. The van der Waals surface area contributed by atoms with Crippen LogP contribution < -0.4 is 0 Å². The van der Waals surface area contributed by atoms with Gasteiger partial charge in [0.15, 0.2) is 0 Å². The van der Waals surface area contributed by atoms with Gasteiger partial charge in [0.05, 0.1) is 56.4 Å². The van der Waals surface area contributed by atoms with Crippen LogP contribution in [0.2, 0.25) is 0 Å². The van der Waals surface area contributed by atoms with Crippen molar-refractivity contribution < 1.29 is 10.2 Å². The lowest BCUT2D eigenvalue weighted by atomic mass is 9.99. The highest BCUT2D eigenvalue weighted by molar-refractivity contribution is 6.13. The molecule has 6 heteroatoms. The Hall–Kier alpha value is -7.96. The molecule has 0 saturated heterocycles. The van der Waals surface area contributed by atoms with Crippen molar-refractivity contribution >= 4 is 66.3 Å². The zero-order valence-electron chi connectivity index (χ0n) is 44.0. The van der Waals surface area contributed by atoms with Gasteiger partial charge < -0.3 is 19.3 Å². The molecule has 0 bridgehead atoms. The molecular formula is C68H66N4O2. The fraction of sp³-hybridized carbons (Fsp3) is 0.235. The van der Waals surface area contributed by atoms with Crippen molar-refractivity contribution in [3.63, 3.8) is 0 Å². The number of nitrogens with zero attached hydrogens (tertiary/aromatic N) is 4. The number of phenols is 2. The molecule has 0 aliphatic carbocycles. The minimum absolute atomic E-state index is 0.134. The molecule has 0 saturated carbocycles. The van der Waals surface area contributed by atoms with Crippen LogP contribution in [-0.4, -0.2) is 30.5 Å². The first-order valence-corrected chi connectivity index (χ1v) is 26.6. The molecular weight excluding hydrogens is 905 g/mol. The maximum Gasteiger partial charge on any atom is 0.127 e. The molecule has 0 fully saturated rings. The molecule has 2 N–H and O–H groups in total. The standard InChI is InChI=1S/C68H66N4O2/c1-41(2)29-45-17-23-62-55(33-45)56-34-46(30-42(3)4)18-24-63(56)71(62)52-21-22-53(67(74)39-52)60-38-50(49-13-10-9-11-14-49)37-51(70-60)40-69-59-16-12-15-54-61(27-28-66(73)68(54)59)72-64-25-19-47(31-43(5)6)35-57(64)58-36-48(32-44(7)8)20-26-65(58)72/h9-28,33-44,73-74H,29-32H2,1-8H3. The van der Waals surface area contributed by atoms with E-state index in [0.29, 0.717) is 51.7 Å². The molecule has 8 aromatic carbocycles. The fourth-order valence-corrected chi connectivity index (χ4v) is 11.4. The minimum atomic E-state index is 0.134. The van der Waals surface area contributed by atoms with Crippen LogP contribution in [0.15, 0.2) is 169 Å². The van der Waals surface area contributed by atoms with Gasteiger partial charge >= 0.3 is 0 Å². The number of pyridine rings is 1. The van der Waals surface area contributed by atoms with Gasteiger partial charge in [-0.25, -0.2) is 4.98 Å². The van der Waals surface area contributed by atoms with Crippen LogP contribution in [0.3, 0.4) is 0 Å². The van der Waals surface area contributed by atoms with E-state index >= 15 is 0 Å². The molecule has 3 aromatic heterocycles. The summed E-state index contributed by atoms with van der Waals surface area (Å²) in [5.41, 5.74) is 16.1. The van der Waals surface area contributed by atoms with Crippen LogP contribution in [0.1, 0.15) is 83.3 Å². The van der Waals surface area contributed by atoms with E-state index in [0.717, 1.165) is 75.6 Å². The smallest absolute Gasteiger partial charge is 0.127 e. The van der Waals surface area contributed by atoms with Crippen LogP contribution in [0.25, 0.3) is 88.1 Å². The lowest BCUT2D eigenvalue weighted by molar-refractivity contribution is 0.477. The van der Waals surface area contributed by atoms with Crippen molar-refractivity contribution in [1.29, 1.82) is 0 Å². The Morgan fingerprint density at radius 3 is 1.46 bits per heavy atom. The van der Waals surface area contributed by atoms with Crippen molar-refractivity contribution in [2.45, 2.75) is 81.1 Å². The zero-order chi connectivity index (χ0) is 51.4. The highest BCUT2D eigenvalue weighted by atomic mass is 16.3. The van der Waals surface area contributed by atoms with Gasteiger partial charge in [-0.15, -0.1) is 0 Å². The number of aromatic nitrogens is 3. The third-order valence-corrected chi connectivity index (χ3v) is 14.4. The number of aromatic hydroxyl groups is 2. The van der Waals surface area contributed by atoms with E-state index in [1.165, 1.54) is 43.8 Å². The number of hydrogen-bond acceptors (Lipinski definition) is 4.